The smallest absolute Gasteiger partial charge is 0.273 e. The lowest BCUT2D eigenvalue weighted by Gasteiger charge is -2.11. The highest BCUT2D eigenvalue weighted by atomic mass is 35.5. The first-order valence-electron chi connectivity index (χ1n) is 4.81. The molecule has 1 unspecified atom stereocenters. The van der Waals surface area contributed by atoms with Crippen LogP contribution in [0, 0.1) is 16.0 Å². The third kappa shape index (κ3) is 3.36. The minimum absolute atomic E-state index is 0.0419. The van der Waals surface area contributed by atoms with Gasteiger partial charge >= 0.3 is 0 Å². The summed E-state index contributed by atoms with van der Waals surface area (Å²) in [5.74, 6) is 0.492. The SMILES string of the molecule is CC(CN)COc1cc([N+](=O)[O-])ccc1Cl. The van der Waals surface area contributed by atoms with E-state index in [-0.39, 0.29) is 11.6 Å². The molecule has 0 fully saturated rings. The third-order valence-electron chi connectivity index (χ3n) is 2.05. The van der Waals surface area contributed by atoms with Crippen LogP contribution in [0.25, 0.3) is 0 Å². The predicted molar refractivity (Wildman–Crippen MR) is 61.8 cm³/mol. The van der Waals surface area contributed by atoms with Crippen LogP contribution in [0.15, 0.2) is 18.2 Å². The second kappa shape index (κ2) is 5.67. The molecular formula is C10H13ClN2O3. The van der Waals surface area contributed by atoms with Crippen LogP contribution >= 0.6 is 11.6 Å². The molecule has 0 bridgehead atoms. The van der Waals surface area contributed by atoms with Gasteiger partial charge in [0.1, 0.15) is 5.75 Å². The van der Waals surface area contributed by atoms with Crippen LogP contribution in [0.4, 0.5) is 5.69 Å². The van der Waals surface area contributed by atoms with Gasteiger partial charge in [0.15, 0.2) is 0 Å². The van der Waals surface area contributed by atoms with Crippen LogP contribution in [0.2, 0.25) is 5.02 Å². The highest BCUT2D eigenvalue weighted by Gasteiger charge is 2.11. The van der Waals surface area contributed by atoms with E-state index >= 15 is 0 Å². The number of ether oxygens (including phenoxy) is 1. The number of rotatable bonds is 5. The fourth-order valence-corrected chi connectivity index (χ4v) is 1.19. The number of halogens is 1. The zero-order valence-corrected chi connectivity index (χ0v) is 9.61. The van der Waals surface area contributed by atoms with Gasteiger partial charge in [0, 0.05) is 12.0 Å². The fraction of sp³-hybridized carbons (Fsp3) is 0.400. The molecule has 0 amide bonds. The van der Waals surface area contributed by atoms with Crippen LogP contribution in [0.1, 0.15) is 6.92 Å². The summed E-state index contributed by atoms with van der Waals surface area (Å²) in [5.41, 5.74) is 5.39. The van der Waals surface area contributed by atoms with Gasteiger partial charge in [-0.15, -0.1) is 0 Å². The van der Waals surface area contributed by atoms with Crippen LogP contribution in [0.5, 0.6) is 5.75 Å². The van der Waals surface area contributed by atoms with Gasteiger partial charge in [0.2, 0.25) is 0 Å². The van der Waals surface area contributed by atoms with Crippen LogP contribution in [-0.4, -0.2) is 18.1 Å². The summed E-state index contributed by atoms with van der Waals surface area (Å²) in [5, 5.41) is 10.9. The second-order valence-electron chi connectivity index (χ2n) is 3.52. The number of nitrogens with zero attached hydrogens (tertiary/aromatic N) is 1. The average Bonchev–Trinajstić information content (AvgIpc) is 2.27. The number of nitrogens with two attached hydrogens (primary N) is 1. The molecule has 0 saturated carbocycles. The molecule has 0 aliphatic heterocycles. The first-order valence-corrected chi connectivity index (χ1v) is 5.19. The molecule has 0 saturated heterocycles. The van der Waals surface area contributed by atoms with Crippen molar-refractivity contribution in [2.24, 2.45) is 11.7 Å². The van der Waals surface area contributed by atoms with Crippen molar-refractivity contribution >= 4 is 17.3 Å². The maximum absolute atomic E-state index is 10.5. The van der Waals surface area contributed by atoms with Crippen LogP contribution in [-0.2, 0) is 0 Å². The Bertz CT molecular complexity index is 384. The van der Waals surface area contributed by atoms with Crippen molar-refractivity contribution < 1.29 is 9.66 Å². The molecule has 0 aromatic heterocycles. The normalized spacial score (nSPS) is 12.2. The molecular weight excluding hydrogens is 232 g/mol. The Morgan fingerprint density at radius 2 is 2.31 bits per heavy atom. The fourth-order valence-electron chi connectivity index (χ4n) is 1.02. The quantitative estimate of drug-likeness (QED) is 0.636. The van der Waals surface area contributed by atoms with Gasteiger partial charge < -0.3 is 10.5 Å². The van der Waals surface area contributed by atoms with Crippen molar-refractivity contribution in [2.45, 2.75) is 6.92 Å². The van der Waals surface area contributed by atoms with E-state index in [1.54, 1.807) is 0 Å². The molecule has 2 N–H and O–H groups in total. The molecule has 1 aromatic carbocycles. The Balaban J connectivity index is 2.78. The Labute approximate surface area is 98.3 Å². The molecule has 16 heavy (non-hydrogen) atoms. The van der Waals surface area contributed by atoms with Gasteiger partial charge in [-0.2, -0.15) is 0 Å². The van der Waals surface area contributed by atoms with E-state index in [0.717, 1.165) is 0 Å². The number of nitro groups is 1. The molecule has 0 aliphatic carbocycles. The van der Waals surface area contributed by atoms with E-state index in [2.05, 4.69) is 0 Å². The molecule has 0 heterocycles. The zero-order chi connectivity index (χ0) is 12.1. The lowest BCUT2D eigenvalue weighted by atomic mass is 10.2. The number of hydrogen-bond donors (Lipinski definition) is 1. The van der Waals surface area contributed by atoms with Crippen molar-refractivity contribution in [3.05, 3.63) is 33.3 Å². The van der Waals surface area contributed by atoms with E-state index in [9.17, 15) is 10.1 Å². The second-order valence-corrected chi connectivity index (χ2v) is 3.93. The van der Waals surface area contributed by atoms with Crippen LogP contribution < -0.4 is 10.5 Å². The zero-order valence-electron chi connectivity index (χ0n) is 8.85. The molecule has 0 aliphatic rings. The molecule has 5 nitrogen and oxygen atoms in total. The van der Waals surface area contributed by atoms with E-state index in [1.807, 2.05) is 6.92 Å². The summed E-state index contributed by atoms with van der Waals surface area (Å²) >= 11 is 5.85. The van der Waals surface area contributed by atoms with Gasteiger partial charge in [-0.05, 0) is 12.6 Å². The van der Waals surface area contributed by atoms with E-state index in [4.69, 9.17) is 22.1 Å². The topological polar surface area (TPSA) is 78.4 Å². The number of hydrogen-bond acceptors (Lipinski definition) is 4. The molecule has 1 rings (SSSR count). The average molecular weight is 245 g/mol. The number of nitro benzene ring substituents is 1. The highest BCUT2D eigenvalue weighted by molar-refractivity contribution is 6.32. The van der Waals surface area contributed by atoms with E-state index in [1.165, 1.54) is 18.2 Å². The molecule has 6 heteroatoms. The van der Waals surface area contributed by atoms with Crippen molar-refractivity contribution in [1.29, 1.82) is 0 Å². The van der Waals surface area contributed by atoms with Gasteiger partial charge in [-0.25, -0.2) is 0 Å². The Hall–Kier alpha value is -1.33. The summed E-state index contributed by atoms with van der Waals surface area (Å²) in [6.45, 7) is 2.80. The number of benzene rings is 1. The maximum Gasteiger partial charge on any atom is 0.273 e. The third-order valence-corrected chi connectivity index (χ3v) is 2.36. The predicted octanol–water partition coefficient (Wildman–Crippen LogP) is 2.22. The Morgan fingerprint density at radius 1 is 1.62 bits per heavy atom. The van der Waals surface area contributed by atoms with Crippen molar-refractivity contribution in [2.75, 3.05) is 13.2 Å². The largest absolute Gasteiger partial charge is 0.491 e. The summed E-state index contributed by atoms with van der Waals surface area (Å²) in [6.07, 6.45) is 0. The van der Waals surface area contributed by atoms with E-state index in [0.29, 0.717) is 23.9 Å². The Kier molecular flexibility index (Phi) is 4.52. The first-order chi connectivity index (χ1) is 7.54. The molecule has 0 spiro atoms. The minimum Gasteiger partial charge on any atom is -0.491 e. The maximum atomic E-state index is 10.5. The minimum atomic E-state index is -0.491. The molecule has 1 atom stereocenters. The van der Waals surface area contributed by atoms with Crippen molar-refractivity contribution in [1.82, 2.24) is 0 Å². The van der Waals surface area contributed by atoms with E-state index < -0.39 is 4.92 Å². The molecule has 0 radical (unpaired) electrons. The summed E-state index contributed by atoms with van der Waals surface area (Å²) in [7, 11) is 0. The molecule has 88 valence electrons. The standard InChI is InChI=1S/C10H13ClN2O3/c1-7(5-12)6-16-10-4-8(13(14)15)2-3-9(10)11/h2-4,7H,5-6,12H2,1H3. The summed E-state index contributed by atoms with van der Waals surface area (Å²) in [6, 6.07) is 4.09. The van der Waals surface area contributed by atoms with Crippen molar-refractivity contribution in [3.63, 3.8) is 0 Å². The summed E-state index contributed by atoms with van der Waals surface area (Å²) in [4.78, 5) is 10.1. The Morgan fingerprint density at radius 3 is 2.88 bits per heavy atom. The molecule has 1 aromatic rings. The van der Waals surface area contributed by atoms with Crippen molar-refractivity contribution in [3.8, 4) is 5.75 Å². The van der Waals surface area contributed by atoms with Gasteiger partial charge in [0.25, 0.3) is 5.69 Å². The van der Waals surface area contributed by atoms with Gasteiger partial charge in [-0.1, -0.05) is 18.5 Å². The lowest BCUT2D eigenvalue weighted by Crippen LogP contribution is -2.18. The monoisotopic (exact) mass is 244 g/mol. The first kappa shape index (κ1) is 12.7. The van der Waals surface area contributed by atoms with Crippen LogP contribution in [0.3, 0.4) is 0 Å². The summed E-state index contributed by atoms with van der Waals surface area (Å²) < 4.78 is 5.36. The number of non-ortho nitro benzene ring substituents is 1. The van der Waals surface area contributed by atoms with Gasteiger partial charge in [-0.3, -0.25) is 10.1 Å². The lowest BCUT2D eigenvalue weighted by molar-refractivity contribution is -0.384. The highest BCUT2D eigenvalue weighted by Crippen LogP contribution is 2.29. The van der Waals surface area contributed by atoms with Gasteiger partial charge in [0.05, 0.1) is 22.6 Å².